The monoisotopic (exact) mass is 364 g/mol. The van der Waals surface area contributed by atoms with Crippen molar-refractivity contribution in [1.29, 1.82) is 0 Å². The van der Waals surface area contributed by atoms with Crippen molar-refractivity contribution in [3.05, 3.63) is 35.1 Å². The molecule has 142 valence electrons. The number of ketones is 1. The van der Waals surface area contributed by atoms with Crippen LogP contribution in [0.15, 0.2) is 18.2 Å². The molecule has 0 bridgehead atoms. The number of carboxylic acid groups (broad SMARTS) is 1. The third kappa shape index (κ3) is 4.03. The van der Waals surface area contributed by atoms with Gasteiger partial charge in [-0.25, -0.2) is 9.18 Å². The van der Waals surface area contributed by atoms with Gasteiger partial charge in [0.15, 0.2) is 5.78 Å². The molecule has 1 aromatic rings. The van der Waals surface area contributed by atoms with Crippen LogP contribution in [0.1, 0.15) is 49.5 Å². The molecule has 0 saturated carbocycles. The Balaban J connectivity index is 2.21. The van der Waals surface area contributed by atoms with Crippen LogP contribution in [0.3, 0.4) is 0 Å². The van der Waals surface area contributed by atoms with E-state index in [1.54, 1.807) is 33.8 Å². The molecule has 0 radical (unpaired) electrons. The maximum atomic E-state index is 14.1. The second kappa shape index (κ2) is 7.43. The molecule has 1 aromatic carbocycles. The van der Waals surface area contributed by atoms with Crippen LogP contribution in [-0.4, -0.2) is 57.4 Å². The molecule has 1 saturated heterocycles. The third-order valence-electron chi connectivity index (χ3n) is 4.70. The molecule has 7 heteroatoms. The van der Waals surface area contributed by atoms with E-state index < -0.39 is 29.3 Å². The lowest BCUT2D eigenvalue weighted by Gasteiger charge is -2.35. The zero-order chi connectivity index (χ0) is 19.6. The minimum atomic E-state index is -1.09. The predicted octanol–water partition coefficient (Wildman–Crippen LogP) is 3.09. The Labute approximate surface area is 152 Å². The highest BCUT2D eigenvalue weighted by atomic mass is 19.1. The van der Waals surface area contributed by atoms with Gasteiger partial charge < -0.3 is 14.9 Å². The van der Waals surface area contributed by atoms with E-state index in [-0.39, 0.29) is 31.0 Å². The van der Waals surface area contributed by atoms with Crippen molar-refractivity contribution in [2.45, 2.75) is 52.1 Å². The zero-order valence-electron chi connectivity index (χ0n) is 15.6. The first-order valence-corrected chi connectivity index (χ1v) is 8.63. The molecule has 1 aliphatic rings. The fraction of sp³-hybridized carbons (Fsp3) is 0.526. The van der Waals surface area contributed by atoms with E-state index >= 15 is 0 Å². The van der Waals surface area contributed by atoms with E-state index in [0.29, 0.717) is 12.0 Å². The fourth-order valence-corrected chi connectivity index (χ4v) is 3.32. The van der Waals surface area contributed by atoms with Gasteiger partial charge in [-0.3, -0.25) is 9.59 Å². The minimum absolute atomic E-state index is 0.00288. The molecular formula is C19H25FN2O4. The minimum Gasteiger partial charge on any atom is -0.465 e. The number of Topliss-reactive ketones (excluding diaryl/α,β-unsaturated/α-hetero) is 1. The predicted molar refractivity (Wildman–Crippen MR) is 94.7 cm³/mol. The second-order valence-electron chi connectivity index (χ2n) is 7.54. The maximum Gasteiger partial charge on any atom is 0.407 e. The van der Waals surface area contributed by atoms with Gasteiger partial charge in [-0.2, -0.15) is 0 Å². The summed E-state index contributed by atoms with van der Waals surface area (Å²) in [7, 11) is 0. The number of hydrogen-bond acceptors (Lipinski definition) is 3. The van der Waals surface area contributed by atoms with E-state index in [1.807, 2.05) is 0 Å². The van der Waals surface area contributed by atoms with Crippen molar-refractivity contribution >= 4 is 17.8 Å². The quantitative estimate of drug-likeness (QED) is 0.815. The Morgan fingerprint density at radius 1 is 1.35 bits per heavy atom. The number of carbonyl (C=O) groups is 3. The lowest BCUT2D eigenvalue weighted by atomic mass is 9.97. The highest BCUT2D eigenvalue weighted by Crippen LogP contribution is 2.25. The molecule has 0 unspecified atom stereocenters. The van der Waals surface area contributed by atoms with Gasteiger partial charge in [0.05, 0.1) is 11.6 Å². The molecule has 0 aromatic heterocycles. The number of benzene rings is 1. The average molecular weight is 364 g/mol. The summed E-state index contributed by atoms with van der Waals surface area (Å²) in [6.07, 6.45) is -0.572. The van der Waals surface area contributed by atoms with Crippen LogP contribution in [0.5, 0.6) is 0 Å². The summed E-state index contributed by atoms with van der Waals surface area (Å²) in [6, 6.07) is 3.66. The van der Waals surface area contributed by atoms with Crippen LogP contribution in [0, 0.1) is 12.7 Å². The highest BCUT2D eigenvalue weighted by molar-refractivity contribution is 6.04. The molecule has 1 aliphatic heterocycles. The van der Waals surface area contributed by atoms with Crippen molar-refractivity contribution < 1.29 is 23.9 Å². The standard InChI is InChI=1S/C19H25FN2O4/c1-12-6-5-7-13(20)16(12)17(24)14-8-9-15(23)21(14)10-11-22(18(25)26)19(2,3)4/h5-7,14H,8-11H2,1-4H3,(H,25,26)/t14-/m0/s1. The Kier molecular flexibility index (Phi) is 5.68. The molecule has 2 amide bonds. The third-order valence-corrected chi connectivity index (χ3v) is 4.70. The molecular weight excluding hydrogens is 339 g/mol. The smallest absolute Gasteiger partial charge is 0.407 e. The summed E-state index contributed by atoms with van der Waals surface area (Å²) in [5.74, 6) is -1.24. The first kappa shape index (κ1) is 19.9. The molecule has 1 fully saturated rings. The molecule has 0 spiro atoms. The van der Waals surface area contributed by atoms with E-state index in [4.69, 9.17) is 0 Å². The number of aryl methyl sites for hydroxylation is 1. The van der Waals surface area contributed by atoms with Gasteiger partial charge in [0.2, 0.25) is 5.91 Å². The van der Waals surface area contributed by atoms with Crippen LogP contribution < -0.4 is 0 Å². The summed E-state index contributed by atoms with van der Waals surface area (Å²) in [4.78, 5) is 39.2. The van der Waals surface area contributed by atoms with E-state index in [2.05, 4.69) is 0 Å². The summed E-state index contributed by atoms with van der Waals surface area (Å²) in [6.45, 7) is 7.13. The molecule has 1 atom stereocenters. The van der Waals surface area contributed by atoms with Gasteiger partial charge in [0.25, 0.3) is 0 Å². The van der Waals surface area contributed by atoms with Crippen LogP contribution in [0.2, 0.25) is 0 Å². The Morgan fingerprint density at radius 3 is 2.54 bits per heavy atom. The number of hydrogen-bond donors (Lipinski definition) is 1. The van der Waals surface area contributed by atoms with E-state index in [0.717, 1.165) is 0 Å². The fourth-order valence-electron chi connectivity index (χ4n) is 3.32. The zero-order valence-corrected chi connectivity index (χ0v) is 15.6. The first-order valence-electron chi connectivity index (χ1n) is 8.63. The Morgan fingerprint density at radius 2 is 2.00 bits per heavy atom. The molecule has 0 aliphatic carbocycles. The van der Waals surface area contributed by atoms with Crippen molar-refractivity contribution in [1.82, 2.24) is 9.80 Å². The van der Waals surface area contributed by atoms with Gasteiger partial charge in [0.1, 0.15) is 5.82 Å². The summed E-state index contributed by atoms with van der Waals surface area (Å²) >= 11 is 0. The SMILES string of the molecule is Cc1cccc(F)c1C(=O)[C@@H]1CCC(=O)N1CCN(C(=O)O)C(C)(C)C. The first-order chi connectivity index (χ1) is 12.0. The Bertz CT molecular complexity index is 706. The van der Waals surface area contributed by atoms with Crippen molar-refractivity contribution in [3.63, 3.8) is 0 Å². The maximum absolute atomic E-state index is 14.1. The lowest BCUT2D eigenvalue weighted by Crippen LogP contribution is -2.50. The number of likely N-dealkylation sites (tertiary alicyclic amines) is 1. The summed E-state index contributed by atoms with van der Waals surface area (Å²) < 4.78 is 14.1. The normalized spacial score (nSPS) is 17.5. The average Bonchev–Trinajstić information content (AvgIpc) is 2.86. The van der Waals surface area contributed by atoms with Crippen LogP contribution in [-0.2, 0) is 4.79 Å². The largest absolute Gasteiger partial charge is 0.465 e. The van der Waals surface area contributed by atoms with Gasteiger partial charge in [-0.05, 0) is 45.7 Å². The lowest BCUT2D eigenvalue weighted by molar-refractivity contribution is -0.128. The highest BCUT2D eigenvalue weighted by Gasteiger charge is 2.38. The second-order valence-corrected chi connectivity index (χ2v) is 7.54. The molecule has 1 N–H and O–H groups in total. The van der Waals surface area contributed by atoms with E-state index in [1.165, 1.54) is 21.9 Å². The molecule has 6 nitrogen and oxygen atoms in total. The van der Waals surface area contributed by atoms with Crippen molar-refractivity contribution in [2.75, 3.05) is 13.1 Å². The van der Waals surface area contributed by atoms with Gasteiger partial charge >= 0.3 is 6.09 Å². The van der Waals surface area contributed by atoms with Gasteiger partial charge in [-0.15, -0.1) is 0 Å². The summed E-state index contributed by atoms with van der Waals surface area (Å²) in [5, 5.41) is 9.38. The van der Waals surface area contributed by atoms with Crippen LogP contribution in [0.4, 0.5) is 9.18 Å². The van der Waals surface area contributed by atoms with Gasteiger partial charge in [0, 0.05) is 25.0 Å². The number of rotatable bonds is 5. The van der Waals surface area contributed by atoms with E-state index in [9.17, 15) is 23.9 Å². The molecule has 1 heterocycles. The van der Waals surface area contributed by atoms with Gasteiger partial charge in [-0.1, -0.05) is 12.1 Å². The number of halogens is 1. The van der Waals surface area contributed by atoms with Crippen molar-refractivity contribution in [3.8, 4) is 0 Å². The molecule has 2 rings (SSSR count). The Hall–Kier alpha value is -2.44. The topological polar surface area (TPSA) is 77.9 Å². The number of amides is 2. The van der Waals surface area contributed by atoms with Crippen molar-refractivity contribution in [2.24, 2.45) is 0 Å². The molecule has 26 heavy (non-hydrogen) atoms. The summed E-state index contributed by atoms with van der Waals surface area (Å²) in [5.41, 5.74) is -0.102. The van der Waals surface area contributed by atoms with Crippen LogP contribution in [0.25, 0.3) is 0 Å². The van der Waals surface area contributed by atoms with Crippen LogP contribution >= 0.6 is 0 Å². The number of nitrogens with zero attached hydrogens (tertiary/aromatic N) is 2. The number of carbonyl (C=O) groups excluding carboxylic acids is 2.